The molecule has 0 aliphatic rings. The van der Waals surface area contributed by atoms with Crippen LogP contribution < -0.4 is 11.1 Å². The second-order valence-electron chi connectivity index (χ2n) is 3.31. The number of rotatable bonds is 9. The maximum absolute atomic E-state index is 5.51. The van der Waals surface area contributed by atoms with Gasteiger partial charge in [-0.2, -0.15) is 0 Å². The smallest absolute Gasteiger partial charge is 0.337 e. The first kappa shape index (κ1) is 14.1. The highest BCUT2D eigenvalue weighted by atomic mass is 28.4. The molecule has 86 valence electrons. The molecule has 0 amide bonds. The van der Waals surface area contributed by atoms with Gasteiger partial charge in [-0.25, -0.2) is 0 Å². The van der Waals surface area contributed by atoms with Crippen molar-refractivity contribution in [3.63, 3.8) is 0 Å². The Bertz CT molecular complexity index is 124. The van der Waals surface area contributed by atoms with Gasteiger partial charge in [-0.3, -0.25) is 0 Å². The summed E-state index contributed by atoms with van der Waals surface area (Å²) in [6.07, 6.45) is 1.10. The third-order valence-electron chi connectivity index (χ3n) is 2.52. The van der Waals surface area contributed by atoms with Gasteiger partial charge >= 0.3 is 8.56 Å². The van der Waals surface area contributed by atoms with Gasteiger partial charge in [-0.15, -0.1) is 0 Å². The van der Waals surface area contributed by atoms with Crippen LogP contribution in [0.25, 0.3) is 0 Å². The molecule has 0 saturated heterocycles. The summed E-state index contributed by atoms with van der Waals surface area (Å²) in [6.45, 7) is 4.72. The summed E-state index contributed by atoms with van der Waals surface area (Å²) in [7, 11) is 1.66. The minimum atomic E-state index is -1.85. The molecule has 0 saturated carbocycles. The molecule has 0 unspecified atom stereocenters. The zero-order valence-electron chi connectivity index (χ0n) is 9.64. The Morgan fingerprint density at radius 1 is 1.21 bits per heavy atom. The average Bonchev–Trinajstić information content (AvgIpc) is 2.24. The van der Waals surface area contributed by atoms with Crippen LogP contribution in [0.4, 0.5) is 0 Å². The van der Waals surface area contributed by atoms with Gasteiger partial charge in [-0.1, -0.05) is 6.92 Å². The molecule has 0 heterocycles. The lowest BCUT2D eigenvalue weighted by Gasteiger charge is -2.25. The number of nitrogens with one attached hydrogen (secondary N) is 1. The van der Waals surface area contributed by atoms with Crippen LogP contribution in [0.1, 0.15) is 13.3 Å². The van der Waals surface area contributed by atoms with E-state index < -0.39 is 8.56 Å². The monoisotopic (exact) mass is 220 g/mol. The highest BCUT2D eigenvalue weighted by Crippen LogP contribution is 2.18. The molecule has 0 bridgehead atoms. The molecule has 0 radical (unpaired) electrons. The van der Waals surface area contributed by atoms with Gasteiger partial charge in [0.05, 0.1) is 0 Å². The van der Waals surface area contributed by atoms with Crippen molar-refractivity contribution in [2.24, 2.45) is 5.73 Å². The van der Waals surface area contributed by atoms with E-state index in [1.807, 2.05) is 0 Å². The third kappa shape index (κ3) is 5.07. The van der Waals surface area contributed by atoms with Crippen LogP contribution in [0.5, 0.6) is 0 Å². The first-order valence-corrected chi connectivity index (χ1v) is 7.49. The summed E-state index contributed by atoms with van der Waals surface area (Å²) < 4.78 is 11.0. The lowest BCUT2D eigenvalue weighted by Crippen LogP contribution is -2.39. The summed E-state index contributed by atoms with van der Waals surface area (Å²) in [4.78, 5) is 0. The quantitative estimate of drug-likeness (QED) is 0.443. The minimum absolute atomic E-state index is 0.699. The fourth-order valence-corrected chi connectivity index (χ4v) is 3.68. The summed E-state index contributed by atoms with van der Waals surface area (Å²) in [5, 5.41) is 3.27. The molecule has 0 aromatic heterocycles. The Morgan fingerprint density at radius 2 is 1.86 bits per heavy atom. The molecule has 0 fully saturated rings. The van der Waals surface area contributed by atoms with Crippen molar-refractivity contribution in [2.75, 3.05) is 33.9 Å². The Morgan fingerprint density at radius 3 is 2.29 bits per heavy atom. The standard InChI is InChI=1S/C9H24N2O2Si/c1-4-14(12-2,13-3)9-5-7-11-8-6-10/h11H,4-10H2,1-3H3. The maximum atomic E-state index is 5.51. The average molecular weight is 220 g/mol. The molecule has 0 aliphatic carbocycles. The second-order valence-corrected chi connectivity index (χ2v) is 7.16. The van der Waals surface area contributed by atoms with E-state index in [4.69, 9.17) is 14.6 Å². The highest BCUT2D eigenvalue weighted by molar-refractivity contribution is 6.67. The van der Waals surface area contributed by atoms with Gasteiger partial charge in [0.15, 0.2) is 0 Å². The van der Waals surface area contributed by atoms with Crippen molar-refractivity contribution >= 4 is 8.56 Å². The topological polar surface area (TPSA) is 56.5 Å². The molecule has 0 aromatic rings. The Balaban J connectivity index is 3.61. The van der Waals surface area contributed by atoms with Crippen LogP contribution in [0.2, 0.25) is 12.1 Å². The number of nitrogens with two attached hydrogens (primary N) is 1. The summed E-state index contributed by atoms with van der Waals surface area (Å²) >= 11 is 0. The molecule has 0 spiro atoms. The first-order chi connectivity index (χ1) is 6.74. The first-order valence-electron chi connectivity index (χ1n) is 5.25. The summed E-state index contributed by atoms with van der Waals surface area (Å²) in [5.41, 5.74) is 5.37. The molecule has 5 heteroatoms. The Labute approximate surface area is 88.4 Å². The van der Waals surface area contributed by atoms with Crippen LogP contribution in [0, 0.1) is 0 Å². The molecule has 0 aromatic carbocycles. The Hall–Kier alpha value is 0.0569. The molecule has 14 heavy (non-hydrogen) atoms. The van der Waals surface area contributed by atoms with Gasteiger partial charge in [0, 0.05) is 27.3 Å². The number of hydrogen-bond donors (Lipinski definition) is 2. The van der Waals surface area contributed by atoms with Crippen molar-refractivity contribution in [1.29, 1.82) is 0 Å². The molecule has 3 N–H and O–H groups in total. The van der Waals surface area contributed by atoms with Gasteiger partial charge < -0.3 is 19.9 Å². The van der Waals surface area contributed by atoms with Crippen LogP contribution in [0.3, 0.4) is 0 Å². The summed E-state index contributed by atoms with van der Waals surface area (Å²) in [6, 6.07) is 2.06. The summed E-state index contributed by atoms with van der Waals surface area (Å²) in [5.74, 6) is 0. The molecule has 0 rings (SSSR count). The lowest BCUT2D eigenvalue weighted by atomic mass is 10.5. The zero-order chi connectivity index (χ0) is 10.9. The van der Waals surface area contributed by atoms with E-state index in [9.17, 15) is 0 Å². The fourth-order valence-electron chi connectivity index (χ4n) is 1.46. The van der Waals surface area contributed by atoms with Gasteiger partial charge in [-0.05, 0) is 25.1 Å². The van der Waals surface area contributed by atoms with Crippen LogP contribution in [0.15, 0.2) is 0 Å². The van der Waals surface area contributed by atoms with Crippen molar-refractivity contribution in [3.05, 3.63) is 0 Å². The molecular weight excluding hydrogens is 196 g/mol. The van der Waals surface area contributed by atoms with Gasteiger partial charge in [0.1, 0.15) is 0 Å². The highest BCUT2D eigenvalue weighted by Gasteiger charge is 2.32. The van der Waals surface area contributed by atoms with E-state index in [2.05, 4.69) is 12.2 Å². The van der Waals surface area contributed by atoms with E-state index in [0.717, 1.165) is 31.6 Å². The largest absolute Gasteiger partial charge is 0.398 e. The van der Waals surface area contributed by atoms with Crippen LogP contribution >= 0.6 is 0 Å². The van der Waals surface area contributed by atoms with Crippen molar-refractivity contribution < 1.29 is 8.85 Å². The molecule has 0 atom stereocenters. The van der Waals surface area contributed by atoms with Crippen molar-refractivity contribution in [3.8, 4) is 0 Å². The number of hydrogen-bond acceptors (Lipinski definition) is 4. The zero-order valence-corrected chi connectivity index (χ0v) is 10.6. The van der Waals surface area contributed by atoms with E-state index in [0.29, 0.717) is 6.54 Å². The minimum Gasteiger partial charge on any atom is -0.398 e. The van der Waals surface area contributed by atoms with Crippen LogP contribution in [-0.4, -0.2) is 42.4 Å². The van der Waals surface area contributed by atoms with E-state index >= 15 is 0 Å². The molecular formula is C9H24N2O2Si. The van der Waals surface area contributed by atoms with Gasteiger partial charge in [0.25, 0.3) is 0 Å². The van der Waals surface area contributed by atoms with Crippen molar-refractivity contribution in [1.82, 2.24) is 5.32 Å². The van der Waals surface area contributed by atoms with Crippen molar-refractivity contribution in [2.45, 2.75) is 25.4 Å². The SMILES string of the molecule is CC[Si](CCCNCCN)(OC)OC. The molecule has 0 aliphatic heterocycles. The van der Waals surface area contributed by atoms with E-state index in [1.54, 1.807) is 14.2 Å². The third-order valence-corrected chi connectivity index (χ3v) is 6.20. The Kier molecular flexibility index (Phi) is 8.41. The van der Waals surface area contributed by atoms with Gasteiger partial charge in [0.2, 0.25) is 0 Å². The van der Waals surface area contributed by atoms with E-state index in [1.165, 1.54) is 0 Å². The maximum Gasteiger partial charge on any atom is 0.337 e. The predicted octanol–water partition coefficient (Wildman–Crippen LogP) is 0.680. The predicted molar refractivity (Wildman–Crippen MR) is 61.6 cm³/mol. The van der Waals surface area contributed by atoms with Crippen LogP contribution in [-0.2, 0) is 8.85 Å². The molecule has 4 nitrogen and oxygen atoms in total. The van der Waals surface area contributed by atoms with E-state index in [-0.39, 0.29) is 0 Å². The normalized spacial score (nSPS) is 12.0. The fraction of sp³-hybridized carbons (Fsp3) is 1.00. The second kappa shape index (κ2) is 8.37. The lowest BCUT2D eigenvalue weighted by molar-refractivity contribution is 0.241.